The summed E-state index contributed by atoms with van der Waals surface area (Å²) in [5, 5.41) is 0. The monoisotopic (exact) mass is 339 g/mol. The Labute approximate surface area is 138 Å². The molecule has 1 amide bonds. The van der Waals surface area contributed by atoms with E-state index in [-0.39, 0.29) is 16.8 Å². The van der Waals surface area contributed by atoms with Crippen LogP contribution in [0.3, 0.4) is 0 Å². The Balaban J connectivity index is 1.94. The van der Waals surface area contributed by atoms with E-state index in [1.54, 1.807) is 24.3 Å². The lowest BCUT2D eigenvalue weighted by molar-refractivity contribution is -0.134. The predicted molar refractivity (Wildman–Crippen MR) is 89.4 cm³/mol. The fourth-order valence-electron chi connectivity index (χ4n) is 2.92. The van der Waals surface area contributed by atoms with Crippen molar-refractivity contribution in [1.82, 2.24) is 9.62 Å². The molecule has 1 aliphatic heterocycles. The van der Waals surface area contributed by atoms with Crippen LogP contribution < -0.4 is 10.5 Å². The summed E-state index contributed by atoms with van der Waals surface area (Å²) in [5.41, 5.74) is 6.71. The highest BCUT2D eigenvalue weighted by Crippen LogP contribution is 2.18. The Bertz CT molecular complexity index is 628. The number of hydrogen-bond donors (Lipinski definition) is 2. The lowest BCUT2D eigenvalue weighted by atomic mass is 10.0. The molecular formula is C16H25N3O3S. The first-order valence-electron chi connectivity index (χ1n) is 8.00. The molecular weight excluding hydrogens is 314 g/mol. The number of piperidine rings is 1. The van der Waals surface area contributed by atoms with E-state index in [1.165, 1.54) is 7.05 Å². The zero-order valence-corrected chi connectivity index (χ0v) is 14.3. The van der Waals surface area contributed by atoms with Gasteiger partial charge in [-0.05, 0) is 50.4 Å². The Morgan fingerprint density at radius 2 is 2.00 bits per heavy atom. The van der Waals surface area contributed by atoms with Gasteiger partial charge < -0.3 is 10.6 Å². The Hall–Kier alpha value is -1.44. The molecule has 2 rings (SSSR count). The molecule has 7 heteroatoms. The van der Waals surface area contributed by atoms with Gasteiger partial charge in [-0.25, -0.2) is 13.1 Å². The maximum Gasteiger partial charge on any atom is 0.240 e. The summed E-state index contributed by atoms with van der Waals surface area (Å²) in [6.07, 6.45) is 4.19. The molecule has 1 unspecified atom stereocenters. The third kappa shape index (κ3) is 4.53. The van der Waals surface area contributed by atoms with Crippen molar-refractivity contribution in [2.45, 2.75) is 43.0 Å². The van der Waals surface area contributed by atoms with Gasteiger partial charge in [0.1, 0.15) is 0 Å². The summed E-state index contributed by atoms with van der Waals surface area (Å²) in [7, 11) is -2.03. The van der Waals surface area contributed by atoms with E-state index in [0.717, 1.165) is 31.4 Å². The van der Waals surface area contributed by atoms with Gasteiger partial charge in [0.25, 0.3) is 0 Å². The van der Waals surface area contributed by atoms with Crippen molar-refractivity contribution in [3.63, 3.8) is 0 Å². The number of rotatable bonds is 6. The van der Waals surface area contributed by atoms with Crippen LogP contribution in [0.1, 0.15) is 31.2 Å². The molecule has 23 heavy (non-hydrogen) atoms. The summed E-state index contributed by atoms with van der Waals surface area (Å²) in [6, 6.07) is 6.81. The predicted octanol–water partition coefficient (Wildman–Crippen LogP) is 0.867. The minimum absolute atomic E-state index is 0.132. The minimum atomic E-state index is -3.41. The van der Waals surface area contributed by atoms with Crippen molar-refractivity contribution in [2.75, 3.05) is 20.1 Å². The van der Waals surface area contributed by atoms with Crippen molar-refractivity contribution >= 4 is 15.9 Å². The van der Waals surface area contributed by atoms with Crippen LogP contribution in [0.15, 0.2) is 29.2 Å². The molecule has 0 aliphatic carbocycles. The van der Waals surface area contributed by atoms with E-state index in [4.69, 9.17) is 5.73 Å². The van der Waals surface area contributed by atoms with Crippen LogP contribution in [0.5, 0.6) is 0 Å². The number of amides is 1. The first-order chi connectivity index (χ1) is 11.0. The van der Waals surface area contributed by atoms with Gasteiger partial charge in [-0.15, -0.1) is 0 Å². The molecule has 3 N–H and O–H groups in total. The first kappa shape index (κ1) is 17.9. The molecule has 1 saturated heterocycles. The second-order valence-electron chi connectivity index (χ2n) is 5.82. The third-order valence-electron chi connectivity index (χ3n) is 4.35. The molecule has 1 heterocycles. The van der Waals surface area contributed by atoms with E-state index in [9.17, 15) is 13.2 Å². The topological polar surface area (TPSA) is 92.5 Å². The smallest absolute Gasteiger partial charge is 0.240 e. The number of sulfonamides is 1. The van der Waals surface area contributed by atoms with Crippen LogP contribution in [-0.2, 0) is 21.2 Å². The highest BCUT2D eigenvalue weighted by atomic mass is 32.2. The second kappa shape index (κ2) is 7.90. The molecule has 128 valence electrons. The van der Waals surface area contributed by atoms with Crippen LogP contribution in [0.25, 0.3) is 0 Å². The van der Waals surface area contributed by atoms with E-state index in [2.05, 4.69) is 4.72 Å². The fourth-order valence-corrected chi connectivity index (χ4v) is 3.65. The maximum atomic E-state index is 12.4. The second-order valence-corrected chi connectivity index (χ2v) is 7.71. The number of nitrogens with one attached hydrogen (secondary N) is 1. The van der Waals surface area contributed by atoms with Gasteiger partial charge in [-0.2, -0.15) is 0 Å². The minimum Gasteiger partial charge on any atom is -0.338 e. The van der Waals surface area contributed by atoms with Crippen molar-refractivity contribution < 1.29 is 13.2 Å². The molecule has 1 aromatic rings. The van der Waals surface area contributed by atoms with Crippen LogP contribution in [-0.4, -0.2) is 45.4 Å². The Kier molecular flexibility index (Phi) is 6.15. The van der Waals surface area contributed by atoms with Crippen LogP contribution >= 0.6 is 0 Å². The van der Waals surface area contributed by atoms with Gasteiger partial charge >= 0.3 is 0 Å². The number of nitrogens with two attached hydrogens (primary N) is 1. The lowest BCUT2D eigenvalue weighted by Crippen LogP contribution is -2.47. The number of benzene rings is 1. The van der Waals surface area contributed by atoms with Gasteiger partial charge in [-0.3, -0.25) is 4.79 Å². The highest BCUT2D eigenvalue weighted by Gasteiger charge is 2.25. The van der Waals surface area contributed by atoms with Gasteiger partial charge in [0, 0.05) is 25.6 Å². The van der Waals surface area contributed by atoms with E-state index in [1.807, 2.05) is 4.90 Å². The number of hydrogen-bond acceptors (Lipinski definition) is 4. The molecule has 0 saturated carbocycles. The highest BCUT2D eigenvalue weighted by molar-refractivity contribution is 7.89. The van der Waals surface area contributed by atoms with Crippen molar-refractivity contribution in [1.29, 1.82) is 0 Å². The summed E-state index contributed by atoms with van der Waals surface area (Å²) in [6.45, 7) is 1.31. The van der Waals surface area contributed by atoms with E-state index < -0.39 is 10.0 Å². The summed E-state index contributed by atoms with van der Waals surface area (Å²) >= 11 is 0. The zero-order valence-electron chi connectivity index (χ0n) is 13.5. The molecule has 1 aromatic carbocycles. The van der Waals surface area contributed by atoms with Crippen molar-refractivity contribution in [3.05, 3.63) is 29.8 Å². The molecule has 0 radical (unpaired) electrons. The average molecular weight is 339 g/mol. The summed E-state index contributed by atoms with van der Waals surface area (Å²) < 4.78 is 25.6. The quantitative estimate of drug-likeness (QED) is 0.804. The van der Waals surface area contributed by atoms with Gasteiger partial charge in [0.05, 0.1) is 4.90 Å². The number of aryl methyl sites for hydroxylation is 1. The normalized spacial score (nSPS) is 18.9. The SMILES string of the molecule is CNS(=O)(=O)c1ccc(CCC(=O)N2CCCCC2CN)cc1. The molecule has 6 nitrogen and oxygen atoms in total. The standard InChI is InChI=1S/C16H25N3O3S/c1-18-23(21,22)15-8-5-13(6-9-15)7-10-16(20)19-11-3-2-4-14(19)12-17/h5-6,8-9,14,18H,2-4,7,10-12,17H2,1H3. The van der Waals surface area contributed by atoms with Crippen molar-refractivity contribution in [3.8, 4) is 0 Å². The van der Waals surface area contributed by atoms with Gasteiger partial charge in [0.2, 0.25) is 15.9 Å². The van der Waals surface area contributed by atoms with Crippen molar-refractivity contribution in [2.24, 2.45) is 5.73 Å². The van der Waals surface area contributed by atoms with Crippen LogP contribution in [0.4, 0.5) is 0 Å². The van der Waals surface area contributed by atoms with Gasteiger partial charge in [-0.1, -0.05) is 12.1 Å². The lowest BCUT2D eigenvalue weighted by Gasteiger charge is -2.35. The van der Waals surface area contributed by atoms with E-state index >= 15 is 0 Å². The first-order valence-corrected chi connectivity index (χ1v) is 9.48. The number of likely N-dealkylation sites (tertiary alicyclic amines) is 1. The molecule has 1 aliphatic rings. The Morgan fingerprint density at radius 3 is 2.61 bits per heavy atom. The number of carbonyl (C=O) groups is 1. The fraction of sp³-hybridized carbons (Fsp3) is 0.562. The molecule has 1 fully saturated rings. The van der Waals surface area contributed by atoms with Crippen LogP contribution in [0.2, 0.25) is 0 Å². The summed E-state index contributed by atoms with van der Waals surface area (Å²) in [5.74, 6) is 0.132. The summed E-state index contributed by atoms with van der Waals surface area (Å²) in [4.78, 5) is 14.5. The molecule has 0 bridgehead atoms. The number of carbonyl (C=O) groups excluding carboxylic acids is 1. The van der Waals surface area contributed by atoms with Gasteiger partial charge in [0.15, 0.2) is 0 Å². The maximum absolute atomic E-state index is 12.4. The molecule has 0 aromatic heterocycles. The average Bonchev–Trinajstić information content (AvgIpc) is 2.60. The molecule has 1 atom stereocenters. The zero-order chi connectivity index (χ0) is 16.9. The third-order valence-corrected chi connectivity index (χ3v) is 5.78. The number of nitrogens with zero attached hydrogens (tertiary/aromatic N) is 1. The largest absolute Gasteiger partial charge is 0.338 e. The van der Waals surface area contributed by atoms with E-state index in [0.29, 0.717) is 19.4 Å². The Morgan fingerprint density at radius 1 is 1.30 bits per heavy atom. The van der Waals surface area contributed by atoms with Crippen LogP contribution in [0, 0.1) is 0 Å². The molecule has 0 spiro atoms.